The van der Waals surface area contributed by atoms with Gasteiger partial charge in [0.1, 0.15) is 6.61 Å². The van der Waals surface area contributed by atoms with E-state index >= 15 is 0 Å². The quantitative estimate of drug-likeness (QED) is 0.537. The standard InChI is InChI=1S/C19H24F3N3OS/c1-23-18(25(2)9-8-17-7-4-10-27-17)24-12-15-5-3-6-16(11-15)13-26-14-19(20,21)22/h3-7,10-11H,8-9,12-14H2,1-2H3,(H,23,24). The van der Waals surface area contributed by atoms with Crippen molar-refractivity contribution in [2.45, 2.75) is 25.7 Å². The Kier molecular flexibility index (Phi) is 8.12. The van der Waals surface area contributed by atoms with Gasteiger partial charge < -0.3 is 15.0 Å². The average molecular weight is 399 g/mol. The third-order valence-electron chi connectivity index (χ3n) is 3.82. The van der Waals surface area contributed by atoms with Crippen molar-refractivity contribution < 1.29 is 17.9 Å². The van der Waals surface area contributed by atoms with Crippen LogP contribution in [0.4, 0.5) is 13.2 Å². The Labute approximate surface area is 161 Å². The first-order valence-electron chi connectivity index (χ1n) is 8.54. The number of hydrogen-bond donors (Lipinski definition) is 1. The van der Waals surface area contributed by atoms with Crippen molar-refractivity contribution in [2.24, 2.45) is 4.99 Å². The molecule has 0 aliphatic rings. The van der Waals surface area contributed by atoms with Crippen molar-refractivity contribution in [1.29, 1.82) is 0 Å². The van der Waals surface area contributed by atoms with E-state index in [1.807, 2.05) is 31.3 Å². The van der Waals surface area contributed by atoms with E-state index in [0.717, 1.165) is 24.5 Å². The predicted molar refractivity (Wildman–Crippen MR) is 103 cm³/mol. The van der Waals surface area contributed by atoms with Crippen molar-refractivity contribution in [3.05, 3.63) is 57.8 Å². The minimum atomic E-state index is -4.31. The summed E-state index contributed by atoms with van der Waals surface area (Å²) in [6.07, 6.45) is -3.36. The molecule has 1 aromatic heterocycles. The van der Waals surface area contributed by atoms with Crippen molar-refractivity contribution in [2.75, 3.05) is 27.2 Å². The number of rotatable bonds is 8. The van der Waals surface area contributed by atoms with E-state index in [0.29, 0.717) is 12.1 Å². The second-order valence-corrected chi connectivity index (χ2v) is 7.11. The summed E-state index contributed by atoms with van der Waals surface area (Å²) in [5.74, 6) is 0.769. The summed E-state index contributed by atoms with van der Waals surface area (Å²) in [6, 6.07) is 11.5. The molecule has 0 aliphatic heterocycles. The van der Waals surface area contributed by atoms with Crippen molar-refractivity contribution in [3.8, 4) is 0 Å². The normalized spacial score (nSPS) is 12.3. The van der Waals surface area contributed by atoms with E-state index in [1.54, 1.807) is 24.5 Å². The lowest BCUT2D eigenvalue weighted by Crippen LogP contribution is -2.39. The number of ether oxygens (including phenoxy) is 1. The first-order chi connectivity index (χ1) is 12.9. The van der Waals surface area contributed by atoms with E-state index < -0.39 is 12.8 Å². The fraction of sp³-hybridized carbons (Fsp3) is 0.421. The second kappa shape index (κ2) is 10.3. The molecule has 0 saturated heterocycles. The maximum absolute atomic E-state index is 12.2. The van der Waals surface area contributed by atoms with Crippen LogP contribution in [0.25, 0.3) is 0 Å². The highest BCUT2D eigenvalue weighted by molar-refractivity contribution is 7.09. The molecule has 27 heavy (non-hydrogen) atoms. The smallest absolute Gasteiger partial charge is 0.367 e. The molecule has 2 rings (SSSR count). The summed E-state index contributed by atoms with van der Waals surface area (Å²) in [4.78, 5) is 7.66. The number of benzene rings is 1. The molecule has 0 radical (unpaired) electrons. The maximum Gasteiger partial charge on any atom is 0.411 e. The van der Waals surface area contributed by atoms with Gasteiger partial charge in [0.15, 0.2) is 5.96 Å². The van der Waals surface area contributed by atoms with Gasteiger partial charge in [-0.25, -0.2) is 0 Å². The van der Waals surface area contributed by atoms with Gasteiger partial charge in [0.05, 0.1) is 6.61 Å². The Morgan fingerprint density at radius 1 is 1.22 bits per heavy atom. The number of likely N-dealkylation sites (N-methyl/N-ethyl adjacent to an activating group) is 1. The van der Waals surface area contributed by atoms with Crippen LogP contribution in [0.2, 0.25) is 0 Å². The van der Waals surface area contributed by atoms with Crippen LogP contribution in [-0.2, 0) is 24.3 Å². The molecule has 1 N–H and O–H groups in total. The van der Waals surface area contributed by atoms with Crippen LogP contribution in [-0.4, -0.2) is 44.3 Å². The lowest BCUT2D eigenvalue weighted by Gasteiger charge is -2.22. The molecule has 2 aromatic rings. The fourth-order valence-electron chi connectivity index (χ4n) is 2.52. The number of thiophene rings is 1. The van der Waals surface area contributed by atoms with E-state index in [-0.39, 0.29) is 6.61 Å². The number of guanidine groups is 1. The Balaban J connectivity index is 1.82. The first kappa shape index (κ1) is 21.2. The topological polar surface area (TPSA) is 36.9 Å². The van der Waals surface area contributed by atoms with Gasteiger partial charge in [-0.05, 0) is 29.0 Å². The van der Waals surface area contributed by atoms with Crippen LogP contribution in [0.1, 0.15) is 16.0 Å². The Bertz CT molecular complexity index is 717. The van der Waals surface area contributed by atoms with Crippen LogP contribution < -0.4 is 5.32 Å². The average Bonchev–Trinajstić information content (AvgIpc) is 3.13. The zero-order valence-corrected chi connectivity index (χ0v) is 16.2. The van der Waals surface area contributed by atoms with E-state index in [1.165, 1.54) is 4.88 Å². The van der Waals surface area contributed by atoms with Gasteiger partial charge in [0.25, 0.3) is 0 Å². The third kappa shape index (κ3) is 8.01. The monoisotopic (exact) mass is 399 g/mol. The van der Waals surface area contributed by atoms with Crippen molar-refractivity contribution >= 4 is 17.3 Å². The lowest BCUT2D eigenvalue weighted by atomic mass is 10.1. The molecule has 148 valence electrons. The molecule has 0 bridgehead atoms. The SMILES string of the molecule is CN=C(NCc1cccc(COCC(F)(F)F)c1)N(C)CCc1cccs1. The van der Waals surface area contributed by atoms with Crippen LogP contribution in [0.5, 0.6) is 0 Å². The molecule has 1 heterocycles. The van der Waals surface area contributed by atoms with Crippen LogP contribution in [0.3, 0.4) is 0 Å². The molecule has 1 aromatic carbocycles. The Hall–Kier alpha value is -2.06. The predicted octanol–water partition coefficient (Wildman–Crippen LogP) is 4.08. The Morgan fingerprint density at radius 3 is 2.67 bits per heavy atom. The van der Waals surface area contributed by atoms with Gasteiger partial charge >= 0.3 is 6.18 Å². The molecule has 0 spiro atoms. The molecule has 0 fully saturated rings. The van der Waals surface area contributed by atoms with E-state index in [4.69, 9.17) is 4.74 Å². The summed E-state index contributed by atoms with van der Waals surface area (Å²) in [7, 11) is 3.70. The molecular weight excluding hydrogens is 375 g/mol. The zero-order chi connectivity index (χ0) is 19.7. The summed E-state index contributed by atoms with van der Waals surface area (Å²) in [6.45, 7) is 0.0641. The summed E-state index contributed by atoms with van der Waals surface area (Å²) < 4.78 is 41.2. The molecule has 0 saturated carbocycles. The van der Waals surface area contributed by atoms with E-state index in [9.17, 15) is 13.2 Å². The van der Waals surface area contributed by atoms with Gasteiger partial charge in [-0.15, -0.1) is 11.3 Å². The zero-order valence-electron chi connectivity index (χ0n) is 15.4. The fourth-order valence-corrected chi connectivity index (χ4v) is 3.22. The molecule has 8 heteroatoms. The number of nitrogens with zero attached hydrogens (tertiary/aromatic N) is 2. The van der Waals surface area contributed by atoms with Gasteiger partial charge in [-0.2, -0.15) is 13.2 Å². The number of alkyl halides is 3. The summed E-state index contributed by atoms with van der Waals surface area (Å²) in [5, 5.41) is 5.34. The van der Waals surface area contributed by atoms with Gasteiger partial charge in [0.2, 0.25) is 0 Å². The van der Waals surface area contributed by atoms with Crippen LogP contribution >= 0.6 is 11.3 Å². The third-order valence-corrected chi connectivity index (χ3v) is 4.76. The molecule has 0 unspecified atom stereocenters. The van der Waals surface area contributed by atoms with Crippen LogP contribution in [0, 0.1) is 0 Å². The highest BCUT2D eigenvalue weighted by Crippen LogP contribution is 2.16. The molecule has 0 atom stereocenters. The lowest BCUT2D eigenvalue weighted by molar-refractivity contribution is -0.176. The first-order valence-corrected chi connectivity index (χ1v) is 9.42. The second-order valence-electron chi connectivity index (χ2n) is 6.08. The minimum Gasteiger partial charge on any atom is -0.367 e. The highest BCUT2D eigenvalue weighted by atomic mass is 32.1. The number of halogens is 3. The number of hydrogen-bond acceptors (Lipinski definition) is 3. The molecular formula is C19H24F3N3OS. The highest BCUT2D eigenvalue weighted by Gasteiger charge is 2.27. The number of nitrogens with one attached hydrogen (secondary N) is 1. The van der Waals surface area contributed by atoms with Gasteiger partial charge in [0, 0.05) is 32.1 Å². The Morgan fingerprint density at radius 2 is 2.00 bits per heavy atom. The summed E-state index contributed by atoms with van der Waals surface area (Å²) >= 11 is 1.73. The van der Waals surface area contributed by atoms with Gasteiger partial charge in [-0.3, -0.25) is 4.99 Å². The molecule has 0 aliphatic carbocycles. The van der Waals surface area contributed by atoms with Gasteiger partial charge in [-0.1, -0.05) is 30.3 Å². The van der Waals surface area contributed by atoms with Crippen molar-refractivity contribution in [3.63, 3.8) is 0 Å². The molecule has 0 amide bonds. The molecule has 4 nitrogen and oxygen atoms in total. The largest absolute Gasteiger partial charge is 0.411 e. The number of aliphatic imine (C=N–C) groups is 1. The summed E-state index contributed by atoms with van der Waals surface area (Å²) in [5.41, 5.74) is 1.66. The maximum atomic E-state index is 12.2. The van der Waals surface area contributed by atoms with Crippen LogP contribution in [0.15, 0.2) is 46.8 Å². The van der Waals surface area contributed by atoms with Crippen molar-refractivity contribution in [1.82, 2.24) is 10.2 Å². The van der Waals surface area contributed by atoms with E-state index in [2.05, 4.69) is 26.7 Å². The minimum absolute atomic E-state index is 0.0667.